The smallest absolute Gasteiger partial charge is 0.324 e. The van der Waals surface area contributed by atoms with E-state index in [2.05, 4.69) is 10.6 Å². The van der Waals surface area contributed by atoms with Gasteiger partial charge < -0.3 is 10.6 Å². The van der Waals surface area contributed by atoms with Gasteiger partial charge in [0.15, 0.2) is 0 Å². The molecule has 1 heterocycles. The summed E-state index contributed by atoms with van der Waals surface area (Å²) in [6, 6.07) is 6.74. The van der Waals surface area contributed by atoms with Crippen LogP contribution in [-0.2, 0) is 4.79 Å². The van der Waals surface area contributed by atoms with Crippen LogP contribution in [0.2, 0.25) is 5.02 Å². The number of urea groups is 1. The topological polar surface area (TPSA) is 61.4 Å². The number of rotatable bonds is 3. The van der Waals surface area contributed by atoms with E-state index in [-0.39, 0.29) is 18.5 Å². The van der Waals surface area contributed by atoms with Crippen molar-refractivity contribution in [1.29, 1.82) is 0 Å². The highest BCUT2D eigenvalue weighted by Gasteiger charge is 2.25. The zero-order chi connectivity index (χ0) is 12.3. The van der Waals surface area contributed by atoms with Crippen LogP contribution in [0.5, 0.6) is 0 Å². The fraction of sp³-hybridized carbons (Fsp3) is 0.273. The van der Waals surface area contributed by atoms with Crippen molar-refractivity contribution in [1.82, 2.24) is 10.2 Å². The molecule has 2 rings (SSSR count). The summed E-state index contributed by atoms with van der Waals surface area (Å²) in [5.41, 5.74) is 0.755. The molecule has 90 valence electrons. The molecule has 0 radical (unpaired) electrons. The van der Waals surface area contributed by atoms with E-state index in [9.17, 15) is 9.59 Å². The summed E-state index contributed by atoms with van der Waals surface area (Å²) in [5.74, 6) is -0.250. The minimum Gasteiger partial charge on any atom is -0.376 e. The van der Waals surface area contributed by atoms with Gasteiger partial charge in [0.1, 0.15) is 0 Å². The van der Waals surface area contributed by atoms with E-state index in [0.29, 0.717) is 18.1 Å². The summed E-state index contributed by atoms with van der Waals surface area (Å²) in [5, 5.41) is 6.10. The lowest BCUT2D eigenvalue weighted by atomic mass is 10.3. The van der Waals surface area contributed by atoms with Gasteiger partial charge in [-0.2, -0.15) is 0 Å². The third-order valence-corrected chi connectivity index (χ3v) is 2.66. The number of amides is 3. The summed E-state index contributed by atoms with van der Waals surface area (Å²) in [6.45, 7) is 1.02. The Morgan fingerprint density at radius 3 is 3.00 bits per heavy atom. The molecule has 1 saturated heterocycles. The van der Waals surface area contributed by atoms with Crippen LogP contribution < -0.4 is 10.6 Å². The molecule has 0 saturated carbocycles. The maximum Gasteiger partial charge on any atom is 0.324 e. The quantitative estimate of drug-likeness (QED) is 0.854. The highest BCUT2D eigenvalue weighted by Crippen LogP contribution is 2.14. The van der Waals surface area contributed by atoms with Gasteiger partial charge in [0.05, 0.1) is 6.54 Å². The molecule has 0 unspecified atom stereocenters. The Morgan fingerprint density at radius 1 is 1.53 bits per heavy atom. The van der Waals surface area contributed by atoms with Crippen LogP contribution in [0.15, 0.2) is 24.3 Å². The standard InChI is InChI=1S/C11H12ClN3O2/c12-8-2-1-3-9(6-8)14-7-10(16)15-5-4-13-11(15)17/h1-3,6,14H,4-5,7H2,(H,13,17). The number of hydrogen-bond donors (Lipinski definition) is 2. The highest BCUT2D eigenvalue weighted by molar-refractivity contribution is 6.30. The minimum atomic E-state index is -0.331. The fourth-order valence-corrected chi connectivity index (χ4v) is 1.77. The molecule has 0 spiro atoms. The predicted octanol–water partition coefficient (Wildman–Crippen LogP) is 1.30. The summed E-state index contributed by atoms with van der Waals surface area (Å²) in [6.07, 6.45) is 0. The summed E-state index contributed by atoms with van der Waals surface area (Å²) >= 11 is 5.81. The molecule has 2 N–H and O–H groups in total. The number of nitrogens with zero attached hydrogens (tertiary/aromatic N) is 1. The molecule has 5 nitrogen and oxygen atoms in total. The lowest BCUT2D eigenvalue weighted by Gasteiger charge is -2.13. The number of carbonyl (C=O) groups excluding carboxylic acids is 2. The van der Waals surface area contributed by atoms with Crippen molar-refractivity contribution >= 4 is 29.2 Å². The van der Waals surface area contributed by atoms with E-state index >= 15 is 0 Å². The molecule has 3 amide bonds. The zero-order valence-electron chi connectivity index (χ0n) is 9.07. The van der Waals surface area contributed by atoms with E-state index in [0.717, 1.165) is 5.69 Å². The molecular weight excluding hydrogens is 242 g/mol. The second-order valence-electron chi connectivity index (χ2n) is 3.64. The normalized spacial score (nSPS) is 14.6. The monoisotopic (exact) mass is 253 g/mol. The molecule has 0 aromatic heterocycles. The Hall–Kier alpha value is -1.75. The van der Waals surface area contributed by atoms with E-state index in [1.165, 1.54) is 4.90 Å². The first-order valence-corrected chi connectivity index (χ1v) is 5.62. The zero-order valence-corrected chi connectivity index (χ0v) is 9.83. The molecule has 0 atom stereocenters. The van der Waals surface area contributed by atoms with Gasteiger partial charge in [-0.3, -0.25) is 9.69 Å². The van der Waals surface area contributed by atoms with Gasteiger partial charge in [-0.25, -0.2) is 4.79 Å². The predicted molar refractivity (Wildman–Crippen MR) is 65.1 cm³/mol. The first kappa shape index (κ1) is 11.7. The average molecular weight is 254 g/mol. The van der Waals surface area contributed by atoms with E-state index in [1.54, 1.807) is 18.2 Å². The number of halogens is 1. The first-order valence-electron chi connectivity index (χ1n) is 5.24. The Morgan fingerprint density at radius 2 is 2.35 bits per heavy atom. The van der Waals surface area contributed by atoms with Gasteiger partial charge in [0.2, 0.25) is 5.91 Å². The number of hydrogen-bond acceptors (Lipinski definition) is 3. The summed E-state index contributed by atoms with van der Waals surface area (Å²) in [7, 11) is 0. The third kappa shape index (κ3) is 2.88. The van der Waals surface area contributed by atoms with Crippen molar-refractivity contribution in [3.05, 3.63) is 29.3 Å². The Kier molecular flexibility index (Phi) is 3.49. The SMILES string of the molecule is O=C(CNc1cccc(Cl)c1)N1CCNC1=O. The molecule has 1 aromatic rings. The lowest BCUT2D eigenvalue weighted by Crippen LogP contribution is -2.37. The molecule has 1 aliphatic heterocycles. The maximum absolute atomic E-state index is 11.7. The largest absolute Gasteiger partial charge is 0.376 e. The van der Waals surface area contributed by atoms with Gasteiger partial charge in [0, 0.05) is 23.8 Å². The van der Waals surface area contributed by atoms with Crippen molar-refractivity contribution in [2.75, 3.05) is 25.0 Å². The van der Waals surface area contributed by atoms with Crippen molar-refractivity contribution in [2.24, 2.45) is 0 Å². The van der Waals surface area contributed by atoms with E-state index in [1.807, 2.05) is 6.07 Å². The Bertz CT molecular complexity index is 450. The van der Waals surface area contributed by atoms with Crippen molar-refractivity contribution in [2.45, 2.75) is 0 Å². The second kappa shape index (κ2) is 5.05. The minimum absolute atomic E-state index is 0.0771. The third-order valence-electron chi connectivity index (χ3n) is 2.43. The van der Waals surface area contributed by atoms with Gasteiger partial charge in [-0.05, 0) is 18.2 Å². The van der Waals surface area contributed by atoms with E-state index < -0.39 is 0 Å². The molecule has 6 heteroatoms. The molecule has 1 fully saturated rings. The number of nitrogens with one attached hydrogen (secondary N) is 2. The molecule has 0 aliphatic carbocycles. The Balaban J connectivity index is 1.90. The van der Waals surface area contributed by atoms with Crippen LogP contribution >= 0.6 is 11.6 Å². The van der Waals surface area contributed by atoms with E-state index in [4.69, 9.17) is 11.6 Å². The molecular formula is C11H12ClN3O2. The van der Waals surface area contributed by atoms with Gasteiger partial charge in [0.25, 0.3) is 0 Å². The molecule has 17 heavy (non-hydrogen) atoms. The second-order valence-corrected chi connectivity index (χ2v) is 4.08. The number of imide groups is 1. The highest BCUT2D eigenvalue weighted by atomic mass is 35.5. The van der Waals surface area contributed by atoms with Crippen LogP contribution in [0, 0.1) is 0 Å². The number of benzene rings is 1. The van der Waals surface area contributed by atoms with Crippen LogP contribution in [0.25, 0.3) is 0 Å². The maximum atomic E-state index is 11.7. The van der Waals surface area contributed by atoms with Gasteiger partial charge >= 0.3 is 6.03 Å². The van der Waals surface area contributed by atoms with Gasteiger partial charge in [-0.15, -0.1) is 0 Å². The van der Waals surface area contributed by atoms with Crippen LogP contribution in [0.3, 0.4) is 0 Å². The average Bonchev–Trinajstić information content (AvgIpc) is 2.72. The molecule has 0 bridgehead atoms. The number of carbonyl (C=O) groups is 2. The first-order chi connectivity index (χ1) is 8.16. The summed E-state index contributed by atoms with van der Waals surface area (Å²) in [4.78, 5) is 24.1. The fourth-order valence-electron chi connectivity index (χ4n) is 1.58. The van der Waals surface area contributed by atoms with Crippen LogP contribution in [0.4, 0.5) is 10.5 Å². The van der Waals surface area contributed by atoms with Crippen molar-refractivity contribution in [3.8, 4) is 0 Å². The van der Waals surface area contributed by atoms with Crippen LogP contribution in [-0.4, -0.2) is 36.5 Å². The molecule has 1 aliphatic rings. The van der Waals surface area contributed by atoms with Crippen molar-refractivity contribution < 1.29 is 9.59 Å². The van der Waals surface area contributed by atoms with Gasteiger partial charge in [-0.1, -0.05) is 17.7 Å². The summed E-state index contributed by atoms with van der Waals surface area (Å²) < 4.78 is 0. The molecule has 1 aromatic carbocycles. The van der Waals surface area contributed by atoms with Crippen molar-refractivity contribution in [3.63, 3.8) is 0 Å². The number of anilines is 1. The van der Waals surface area contributed by atoms with Crippen LogP contribution in [0.1, 0.15) is 0 Å². The Labute approximate surface area is 104 Å². The lowest BCUT2D eigenvalue weighted by molar-refractivity contribution is -0.125.